The van der Waals surface area contributed by atoms with Gasteiger partial charge < -0.3 is 9.84 Å². The number of allylic oxidation sites excluding steroid dienone is 1. The smallest absolute Gasteiger partial charge is 0.119 e. The summed E-state index contributed by atoms with van der Waals surface area (Å²) in [6.07, 6.45) is 10.3. The van der Waals surface area contributed by atoms with Crippen molar-refractivity contribution in [3.63, 3.8) is 0 Å². The lowest BCUT2D eigenvalue weighted by atomic mass is 10.1. The van der Waals surface area contributed by atoms with E-state index in [1.807, 2.05) is 43.3 Å². The Bertz CT molecular complexity index is 946. The van der Waals surface area contributed by atoms with Crippen LogP contribution in [0.5, 0.6) is 5.75 Å². The molecule has 0 aliphatic carbocycles. The van der Waals surface area contributed by atoms with E-state index < -0.39 is 0 Å². The molecule has 3 rings (SSSR count). The molecule has 0 bridgehead atoms. The van der Waals surface area contributed by atoms with Crippen LogP contribution in [0.15, 0.2) is 67.4 Å². The first-order chi connectivity index (χ1) is 13.7. The molecule has 1 unspecified atom stereocenters. The normalized spacial score (nSPS) is 12.4. The molecule has 4 heteroatoms. The van der Waals surface area contributed by atoms with Crippen molar-refractivity contribution in [3.8, 4) is 17.0 Å². The Balaban J connectivity index is 1.70. The minimum absolute atomic E-state index is 0.227. The maximum absolute atomic E-state index is 9.29. The van der Waals surface area contributed by atoms with Crippen molar-refractivity contribution in [2.75, 3.05) is 6.61 Å². The van der Waals surface area contributed by atoms with Gasteiger partial charge in [0.05, 0.1) is 29.0 Å². The highest BCUT2D eigenvalue weighted by atomic mass is 16.5. The van der Waals surface area contributed by atoms with Crippen LogP contribution in [0.4, 0.5) is 0 Å². The average Bonchev–Trinajstić information content (AvgIpc) is 2.71. The summed E-state index contributed by atoms with van der Waals surface area (Å²) in [5, 5.41) is 9.29. The first-order valence-electron chi connectivity index (χ1n) is 9.61. The minimum Gasteiger partial charge on any atom is -0.490 e. The molecule has 1 atom stereocenters. The zero-order chi connectivity index (χ0) is 19.8. The standard InChI is InChI=1S/C24H26N2O2/c1-3-15-28-21-12-10-20(11-13-21)24-17-25-23-16-19(9-14-22(23)26-24)8-6-4-5-7-18(2)27/h3,6,8-14,16-18,27H,1,4-5,7,15H2,2H3. The molecule has 144 valence electrons. The van der Waals surface area contributed by atoms with Crippen LogP contribution >= 0.6 is 0 Å². The highest BCUT2D eigenvalue weighted by Gasteiger charge is 2.04. The van der Waals surface area contributed by atoms with E-state index in [4.69, 9.17) is 9.72 Å². The Morgan fingerprint density at radius 1 is 1.14 bits per heavy atom. The summed E-state index contributed by atoms with van der Waals surface area (Å²) in [6, 6.07) is 13.9. The lowest BCUT2D eigenvalue weighted by Gasteiger charge is -2.06. The fourth-order valence-electron chi connectivity index (χ4n) is 2.90. The second-order valence-corrected chi connectivity index (χ2v) is 6.81. The predicted octanol–water partition coefficient (Wildman–Crippen LogP) is 5.43. The SMILES string of the molecule is C=CCOc1ccc(-c2cnc3cc(C=CCCCC(C)O)ccc3n2)cc1. The van der Waals surface area contributed by atoms with Gasteiger partial charge in [0.1, 0.15) is 12.4 Å². The molecule has 0 saturated carbocycles. The molecule has 1 heterocycles. The first kappa shape index (κ1) is 19.8. The van der Waals surface area contributed by atoms with E-state index >= 15 is 0 Å². The summed E-state index contributed by atoms with van der Waals surface area (Å²) in [6.45, 7) is 5.97. The number of aromatic nitrogens is 2. The van der Waals surface area contributed by atoms with Crippen LogP contribution in [0.3, 0.4) is 0 Å². The number of aliphatic hydroxyl groups is 1. The van der Waals surface area contributed by atoms with Crippen LogP contribution in [0.2, 0.25) is 0 Å². The van der Waals surface area contributed by atoms with Crippen molar-refractivity contribution in [2.24, 2.45) is 0 Å². The van der Waals surface area contributed by atoms with E-state index in [0.717, 1.165) is 52.9 Å². The largest absolute Gasteiger partial charge is 0.490 e. The van der Waals surface area contributed by atoms with E-state index in [2.05, 4.69) is 29.8 Å². The average molecular weight is 374 g/mol. The molecule has 1 aromatic heterocycles. The fourth-order valence-corrected chi connectivity index (χ4v) is 2.90. The maximum atomic E-state index is 9.29. The van der Waals surface area contributed by atoms with Crippen molar-refractivity contribution in [3.05, 3.63) is 73.0 Å². The second-order valence-electron chi connectivity index (χ2n) is 6.81. The lowest BCUT2D eigenvalue weighted by molar-refractivity contribution is 0.182. The molecule has 4 nitrogen and oxygen atoms in total. The minimum atomic E-state index is -0.227. The Morgan fingerprint density at radius 2 is 1.96 bits per heavy atom. The third kappa shape index (κ3) is 5.51. The quantitative estimate of drug-likeness (QED) is 0.401. The van der Waals surface area contributed by atoms with Crippen LogP contribution in [-0.2, 0) is 0 Å². The summed E-state index contributed by atoms with van der Waals surface area (Å²) in [5.74, 6) is 0.808. The van der Waals surface area contributed by atoms with Crippen molar-refractivity contribution >= 4 is 17.1 Å². The number of fused-ring (bicyclic) bond motifs is 1. The number of hydrogen-bond acceptors (Lipinski definition) is 4. The molecule has 28 heavy (non-hydrogen) atoms. The molecule has 0 radical (unpaired) electrons. The number of aliphatic hydroxyl groups excluding tert-OH is 1. The van der Waals surface area contributed by atoms with Gasteiger partial charge in [0.25, 0.3) is 0 Å². The molecule has 3 aromatic rings. The van der Waals surface area contributed by atoms with E-state index in [-0.39, 0.29) is 6.10 Å². The Labute approximate surface area is 166 Å². The molecule has 0 spiro atoms. The molecule has 0 fully saturated rings. The number of rotatable bonds is 9. The van der Waals surface area contributed by atoms with Gasteiger partial charge in [0, 0.05) is 5.56 Å². The fraction of sp³-hybridized carbons (Fsp3) is 0.250. The van der Waals surface area contributed by atoms with Gasteiger partial charge in [-0.05, 0) is 68.1 Å². The predicted molar refractivity (Wildman–Crippen MR) is 115 cm³/mol. The zero-order valence-electron chi connectivity index (χ0n) is 16.2. The second kappa shape index (κ2) is 9.81. The van der Waals surface area contributed by atoms with Crippen LogP contribution in [-0.4, -0.2) is 27.8 Å². The van der Waals surface area contributed by atoms with Crippen molar-refractivity contribution in [2.45, 2.75) is 32.3 Å². The molecule has 1 N–H and O–H groups in total. The number of nitrogens with zero attached hydrogens (tertiary/aromatic N) is 2. The van der Waals surface area contributed by atoms with E-state index in [9.17, 15) is 5.11 Å². The Hall–Kier alpha value is -2.98. The van der Waals surface area contributed by atoms with Gasteiger partial charge in [-0.3, -0.25) is 4.98 Å². The van der Waals surface area contributed by atoms with E-state index in [0.29, 0.717) is 6.61 Å². The van der Waals surface area contributed by atoms with Gasteiger partial charge >= 0.3 is 0 Å². The molecule has 2 aromatic carbocycles. The topological polar surface area (TPSA) is 55.2 Å². The Morgan fingerprint density at radius 3 is 2.71 bits per heavy atom. The molecular weight excluding hydrogens is 348 g/mol. The number of hydrogen-bond donors (Lipinski definition) is 1. The van der Waals surface area contributed by atoms with E-state index in [1.54, 1.807) is 12.3 Å². The number of ether oxygens (including phenoxy) is 1. The van der Waals surface area contributed by atoms with Crippen molar-refractivity contribution < 1.29 is 9.84 Å². The maximum Gasteiger partial charge on any atom is 0.119 e. The number of unbranched alkanes of at least 4 members (excludes halogenated alkanes) is 1. The highest BCUT2D eigenvalue weighted by Crippen LogP contribution is 2.23. The molecular formula is C24H26N2O2. The van der Waals surface area contributed by atoms with Crippen molar-refractivity contribution in [1.29, 1.82) is 0 Å². The van der Waals surface area contributed by atoms with Gasteiger partial charge in [-0.1, -0.05) is 30.9 Å². The monoisotopic (exact) mass is 374 g/mol. The van der Waals surface area contributed by atoms with Gasteiger partial charge in [-0.2, -0.15) is 0 Å². The van der Waals surface area contributed by atoms with Crippen LogP contribution in [0.25, 0.3) is 28.4 Å². The van der Waals surface area contributed by atoms with Gasteiger partial charge in [-0.25, -0.2) is 4.98 Å². The Kier molecular flexibility index (Phi) is 6.93. The van der Waals surface area contributed by atoms with Crippen molar-refractivity contribution in [1.82, 2.24) is 9.97 Å². The highest BCUT2D eigenvalue weighted by molar-refractivity contribution is 5.79. The summed E-state index contributed by atoms with van der Waals surface area (Å²) in [5.41, 5.74) is 4.69. The van der Waals surface area contributed by atoms with Crippen LogP contribution in [0.1, 0.15) is 31.7 Å². The van der Waals surface area contributed by atoms with Crippen LogP contribution in [0, 0.1) is 0 Å². The van der Waals surface area contributed by atoms with Gasteiger partial charge in [0.2, 0.25) is 0 Å². The zero-order valence-corrected chi connectivity index (χ0v) is 16.2. The molecule has 0 amide bonds. The third-order valence-electron chi connectivity index (χ3n) is 4.39. The summed E-state index contributed by atoms with van der Waals surface area (Å²) >= 11 is 0. The van der Waals surface area contributed by atoms with E-state index in [1.165, 1.54) is 0 Å². The molecule has 0 aliphatic heterocycles. The summed E-state index contributed by atoms with van der Waals surface area (Å²) < 4.78 is 5.52. The number of benzene rings is 2. The molecule has 0 saturated heterocycles. The van der Waals surface area contributed by atoms with Gasteiger partial charge in [-0.15, -0.1) is 0 Å². The lowest BCUT2D eigenvalue weighted by Crippen LogP contribution is -1.97. The first-order valence-corrected chi connectivity index (χ1v) is 9.61. The van der Waals surface area contributed by atoms with Gasteiger partial charge in [0.15, 0.2) is 0 Å². The summed E-state index contributed by atoms with van der Waals surface area (Å²) in [7, 11) is 0. The summed E-state index contributed by atoms with van der Waals surface area (Å²) in [4.78, 5) is 9.32. The molecule has 0 aliphatic rings. The van der Waals surface area contributed by atoms with Crippen LogP contribution < -0.4 is 4.74 Å². The third-order valence-corrected chi connectivity index (χ3v) is 4.39.